The number of carbonyl (C=O) groups is 2. The number of hydrogen-bond acceptors (Lipinski definition) is 7. The van der Waals surface area contributed by atoms with Gasteiger partial charge in [-0.05, 0) is 75.1 Å². The number of rotatable bonds is 8. The van der Waals surface area contributed by atoms with Gasteiger partial charge >= 0.3 is 0 Å². The van der Waals surface area contributed by atoms with Crippen molar-refractivity contribution in [1.29, 1.82) is 5.41 Å². The normalized spacial score (nSPS) is 17.2. The van der Waals surface area contributed by atoms with Crippen molar-refractivity contribution in [2.75, 3.05) is 32.7 Å². The molecule has 2 saturated heterocycles. The fourth-order valence-corrected chi connectivity index (χ4v) is 9.17. The molecule has 50 heavy (non-hydrogen) atoms. The van der Waals surface area contributed by atoms with Gasteiger partial charge < -0.3 is 20.3 Å². The van der Waals surface area contributed by atoms with Crippen molar-refractivity contribution in [3.05, 3.63) is 98.7 Å². The molecule has 1 atom stereocenters. The minimum absolute atomic E-state index is 0.0589. The second kappa shape index (κ2) is 14.6. The molecule has 0 saturated carbocycles. The number of nitrogens with zero attached hydrogens (tertiary/aromatic N) is 4. The number of pyridine rings is 1. The summed E-state index contributed by atoms with van der Waals surface area (Å²) in [6.45, 7) is 5.39. The van der Waals surface area contributed by atoms with E-state index in [0.717, 1.165) is 16.6 Å². The van der Waals surface area contributed by atoms with Crippen LogP contribution < -0.4 is 10.5 Å². The quantitative estimate of drug-likeness (QED) is 0.178. The highest BCUT2D eigenvalue weighted by Crippen LogP contribution is 2.37. The SMILES string of the molecule is Cc1cc(C)c2cccc(OCc3c(Cl)ccc(S(=O)(=O)N4CCCC4C(=O)N4CCCN(C(=O)c5ccc(C(=N)N)cc5)CC4)c3Cl)c2n1. The molecule has 262 valence electrons. The summed E-state index contributed by atoms with van der Waals surface area (Å²) >= 11 is 13.3. The van der Waals surface area contributed by atoms with Gasteiger partial charge in [-0.3, -0.25) is 15.0 Å². The zero-order chi connectivity index (χ0) is 35.7. The van der Waals surface area contributed by atoms with Crippen molar-refractivity contribution in [3.63, 3.8) is 0 Å². The smallest absolute Gasteiger partial charge is 0.253 e. The lowest BCUT2D eigenvalue weighted by Crippen LogP contribution is -2.48. The van der Waals surface area contributed by atoms with Crippen molar-refractivity contribution in [1.82, 2.24) is 19.1 Å². The molecule has 11 nitrogen and oxygen atoms in total. The van der Waals surface area contributed by atoms with Crippen LogP contribution in [0.25, 0.3) is 10.9 Å². The van der Waals surface area contributed by atoms with Crippen LogP contribution in [0.5, 0.6) is 5.75 Å². The van der Waals surface area contributed by atoms with E-state index in [0.29, 0.717) is 66.9 Å². The number of fused-ring (bicyclic) bond motifs is 1. The number of hydrogen-bond donors (Lipinski definition) is 2. The van der Waals surface area contributed by atoms with Crippen molar-refractivity contribution in [3.8, 4) is 5.75 Å². The molecule has 2 fully saturated rings. The Morgan fingerprint density at radius 2 is 1.64 bits per heavy atom. The number of para-hydroxylation sites is 1. The molecule has 1 unspecified atom stereocenters. The zero-order valence-electron chi connectivity index (χ0n) is 27.8. The number of amides is 2. The van der Waals surface area contributed by atoms with Gasteiger partial charge in [-0.15, -0.1) is 0 Å². The second-order valence-electron chi connectivity index (χ2n) is 12.6. The molecule has 1 aromatic heterocycles. The van der Waals surface area contributed by atoms with Gasteiger partial charge in [-0.25, -0.2) is 13.4 Å². The Balaban J connectivity index is 1.17. The van der Waals surface area contributed by atoms with Gasteiger partial charge in [0.25, 0.3) is 5.91 Å². The van der Waals surface area contributed by atoms with E-state index in [2.05, 4.69) is 4.98 Å². The fourth-order valence-electron chi connectivity index (χ4n) is 6.66. The maximum atomic E-state index is 14.2. The number of amidine groups is 1. The van der Waals surface area contributed by atoms with Gasteiger partial charge in [0.05, 0.1) is 5.02 Å². The lowest BCUT2D eigenvalue weighted by Gasteiger charge is -2.29. The van der Waals surface area contributed by atoms with Crippen LogP contribution in [0.3, 0.4) is 0 Å². The highest BCUT2D eigenvalue weighted by atomic mass is 35.5. The molecule has 2 amide bonds. The standard InChI is InChI=1S/C36H38Cl2N6O5S/c1-22-20-23(2)41-33-26(22)6-3-8-30(33)49-21-27-28(37)13-14-31(32(27)38)50(47,48)44-17-4-7-29(44)36(46)43-16-5-15-42(18-19-43)35(45)25-11-9-24(10-12-25)34(39)40/h3,6,8-14,20,29H,4-5,7,15-19,21H2,1-2H3,(H3,39,40). The first-order valence-corrected chi connectivity index (χ1v) is 18.6. The Kier molecular flexibility index (Phi) is 10.4. The Morgan fingerprint density at radius 3 is 2.38 bits per heavy atom. The van der Waals surface area contributed by atoms with E-state index in [1.807, 2.05) is 32.0 Å². The minimum atomic E-state index is -4.21. The van der Waals surface area contributed by atoms with Gasteiger partial charge in [-0.1, -0.05) is 47.5 Å². The molecule has 0 bridgehead atoms. The Morgan fingerprint density at radius 1 is 0.940 bits per heavy atom. The molecule has 2 aliphatic rings. The van der Waals surface area contributed by atoms with Gasteiger partial charge in [0.1, 0.15) is 34.6 Å². The predicted molar refractivity (Wildman–Crippen MR) is 193 cm³/mol. The van der Waals surface area contributed by atoms with Gasteiger partial charge in [0, 0.05) is 65.5 Å². The fraction of sp³-hybridized carbons (Fsp3) is 0.333. The van der Waals surface area contributed by atoms with Crippen LogP contribution in [0.2, 0.25) is 10.0 Å². The van der Waals surface area contributed by atoms with Crippen LogP contribution in [0.1, 0.15) is 52.0 Å². The van der Waals surface area contributed by atoms with Crippen LogP contribution in [-0.2, 0) is 21.4 Å². The largest absolute Gasteiger partial charge is 0.487 e. The third-order valence-electron chi connectivity index (χ3n) is 9.27. The Hall–Kier alpha value is -4.23. The van der Waals surface area contributed by atoms with E-state index in [9.17, 15) is 18.0 Å². The Bertz CT molecular complexity index is 2090. The number of halogens is 2. The van der Waals surface area contributed by atoms with E-state index in [1.54, 1.807) is 40.1 Å². The summed E-state index contributed by atoms with van der Waals surface area (Å²) in [7, 11) is -4.21. The molecule has 2 aliphatic heterocycles. The first kappa shape index (κ1) is 35.6. The van der Waals surface area contributed by atoms with Gasteiger partial charge in [-0.2, -0.15) is 4.31 Å². The van der Waals surface area contributed by atoms with E-state index >= 15 is 0 Å². The van der Waals surface area contributed by atoms with Crippen molar-refractivity contribution in [2.24, 2.45) is 5.73 Å². The van der Waals surface area contributed by atoms with Crippen LogP contribution in [-0.4, -0.2) is 83.9 Å². The molecular weight excluding hydrogens is 699 g/mol. The Labute approximate surface area is 301 Å². The van der Waals surface area contributed by atoms with E-state index in [-0.39, 0.29) is 52.3 Å². The van der Waals surface area contributed by atoms with E-state index < -0.39 is 16.1 Å². The number of aryl methyl sites for hydroxylation is 2. The molecule has 4 aromatic rings. The maximum Gasteiger partial charge on any atom is 0.253 e. The van der Waals surface area contributed by atoms with E-state index in [4.69, 9.17) is 39.1 Å². The average molecular weight is 738 g/mol. The molecule has 0 spiro atoms. The number of carbonyl (C=O) groups excluding carboxylic acids is 2. The number of ether oxygens (including phenoxy) is 1. The summed E-state index contributed by atoms with van der Waals surface area (Å²) in [5.74, 6) is -0.0422. The number of nitrogens with one attached hydrogen (secondary N) is 1. The van der Waals surface area contributed by atoms with Crippen LogP contribution in [0.4, 0.5) is 0 Å². The second-order valence-corrected chi connectivity index (χ2v) is 15.2. The number of nitrogen functional groups attached to an aromatic ring is 1. The van der Waals surface area contributed by atoms with Crippen LogP contribution in [0.15, 0.2) is 65.6 Å². The molecule has 3 heterocycles. The summed E-state index contributed by atoms with van der Waals surface area (Å²) in [6, 6.07) is 16.1. The predicted octanol–water partition coefficient (Wildman–Crippen LogP) is 5.55. The van der Waals surface area contributed by atoms with Crippen LogP contribution in [0, 0.1) is 19.3 Å². The van der Waals surface area contributed by atoms with Crippen molar-refractivity contribution in [2.45, 2.75) is 50.7 Å². The van der Waals surface area contributed by atoms with Crippen LogP contribution >= 0.6 is 23.2 Å². The molecule has 3 N–H and O–H groups in total. The third-order valence-corrected chi connectivity index (χ3v) is 12.1. The molecule has 0 radical (unpaired) electrons. The minimum Gasteiger partial charge on any atom is -0.487 e. The summed E-state index contributed by atoms with van der Waals surface area (Å²) < 4.78 is 35.7. The summed E-state index contributed by atoms with van der Waals surface area (Å²) in [4.78, 5) is 35.0. The topological polar surface area (TPSA) is 150 Å². The number of benzene rings is 3. The first-order chi connectivity index (χ1) is 23.9. The highest BCUT2D eigenvalue weighted by molar-refractivity contribution is 7.89. The van der Waals surface area contributed by atoms with Crippen molar-refractivity contribution < 1.29 is 22.7 Å². The first-order valence-electron chi connectivity index (χ1n) is 16.4. The van der Waals surface area contributed by atoms with Gasteiger partial charge in [0.2, 0.25) is 15.9 Å². The van der Waals surface area contributed by atoms with Gasteiger partial charge in [0.15, 0.2) is 0 Å². The molecular formula is C36H38Cl2N6O5S. The monoisotopic (exact) mass is 736 g/mol. The third kappa shape index (κ3) is 7.02. The molecule has 3 aromatic carbocycles. The number of nitrogens with two attached hydrogens (primary N) is 1. The molecule has 6 rings (SSSR count). The molecule has 14 heteroatoms. The average Bonchev–Trinajstić information content (AvgIpc) is 3.47. The zero-order valence-corrected chi connectivity index (χ0v) is 30.1. The summed E-state index contributed by atoms with van der Waals surface area (Å²) in [5.41, 5.74) is 9.42. The maximum absolute atomic E-state index is 14.2. The lowest BCUT2D eigenvalue weighted by atomic mass is 10.1. The van der Waals surface area contributed by atoms with E-state index in [1.165, 1.54) is 16.4 Å². The lowest BCUT2D eigenvalue weighted by molar-refractivity contribution is -0.134. The summed E-state index contributed by atoms with van der Waals surface area (Å²) in [6.07, 6.45) is 1.42. The molecule has 0 aliphatic carbocycles. The van der Waals surface area contributed by atoms with Crippen molar-refractivity contribution >= 4 is 61.8 Å². The number of sulfonamides is 1. The summed E-state index contributed by atoms with van der Waals surface area (Å²) in [5, 5.41) is 8.70. The highest BCUT2D eigenvalue weighted by Gasteiger charge is 2.42. The number of aromatic nitrogens is 1.